The van der Waals surface area contributed by atoms with Crippen molar-refractivity contribution in [1.29, 1.82) is 0 Å². The molecule has 4 rings (SSSR count). The van der Waals surface area contributed by atoms with Gasteiger partial charge in [-0.25, -0.2) is 0 Å². The molecule has 160 valence electrons. The van der Waals surface area contributed by atoms with Crippen LogP contribution < -0.4 is 9.54 Å². The molecule has 0 N–H and O–H groups in total. The van der Waals surface area contributed by atoms with Gasteiger partial charge in [-0.2, -0.15) is 4.99 Å². The molecule has 4 aromatic rings. The molecule has 0 radical (unpaired) electrons. The van der Waals surface area contributed by atoms with Gasteiger partial charge in [0.05, 0.1) is 22.6 Å². The van der Waals surface area contributed by atoms with Crippen molar-refractivity contribution in [1.82, 2.24) is 4.57 Å². The van der Waals surface area contributed by atoms with Crippen LogP contribution in [0.1, 0.15) is 10.4 Å². The number of aromatic nitrogens is 1. The Kier molecular flexibility index (Phi) is 5.96. The molecule has 1 amide bonds. The van der Waals surface area contributed by atoms with Gasteiger partial charge in [-0.05, 0) is 41.5 Å². The van der Waals surface area contributed by atoms with Crippen LogP contribution >= 0.6 is 11.3 Å². The first-order valence-electron chi connectivity index (χ1n) is 9.71. The first-order chi connectivity index (χ1) is 15.5. The van der Waals surface area contributed by atoms with Crippen LogP contribution in [0.5, 0.6) is 5.75 Å². The zero-order valence-corrected chi connectivity index (χ0v) is 18.2. The maximum Gasteiger partial charge on any atom is 0.286 e. The van der Waals surface area contributed by atoms with E-state index in [1.165, 1.54) is 29.5 Å². The van der Waals surface area contributed by atoms with Crippen LogP contribution in [0.3, 0.4) is 0 Å². The minimum atomic E-state index is -0.657. The van der Waals surface area contributed by atoms with Gasteiger partial charge < -0.3 is 9.30 Å². The molecule has 1 heterocycles. The first-order valence-corrected chi connectivity index (χ1v) is 10.5. The lowest BCUT2D eigenvalue weighted by Crippen LogP contribution is -2.15. The summed E-state index contributed by atoms with van der Waals surface area (Å²) in [6, 6.07) is 23.3. The number of hydrogen-bond donors (Lipinski definition) is 0. The van der Waals surface area contributed by atoms with Crippen LogP contribution in [-0.4, -0.2) is 22.5 Å². The fourth-order valence-electron chi connectivity index (χ4n) is 3.37. The molecule has 1 aromatic heterocycles. The molecule has 7 nitrogen and oxygen atoms in total. The Morgan fingerprint density at radius 2 is 1.62 bits per heavy atom. The summed E-state index contributed by atoms with van der Waals surface area (Å²) in [4.78, 5) is 29.3. The zero-order chi connectivity index (χ0) is 22.7. The summed E-state index contributed by atoms with van der Waals surface area (Å²) in [5, 5.41) is 11.3. The molecule has 0 aliphatic heterocycles. The second-order valence-electron chi connectivity index (χ2n) is 6.91. The summed E-state index contributed by atoms with van der Waals surface area (Å²) < 4.78 is 7.10. The lowest BCUT2D eigenvalue weighted by molar-refractivity contribution is -0.385. The Hall–Kier alpha value is -4.04. The Labute approximate surface area is 188 Å². The number of nitrogens with zero attached hydrogens (tertiary/aromatic N) is 3. The number of para-hydroxylation sites is 1. The van der Waals surface area contributed by atoms with Crippen LogP contribution in [0.25, 0.3) is 21.7 Å². The van der Waals surface area contributed by atoms with E-state index in [2.05, 4.69) is 4.99 Å². The van der Waals surface area contributed by atoms with E-state index < -0.39 is 10.8 Å². The fraction of sp³-hybridized carbons (Fsp3) is 0.0833. The van der Waals surface area contributed by atoms with Crippen molar-refractivity contribution in [2.45, 2.75) is 0 Å². The molecular formula is C24H19N3O4S. The van der Waals surface area contributed by atoms with Gasteiger partial charge in [0.1, 0.15) is 11.3 Å². The normalized spacial score (nSPS) is 11.4. The number of amides is 1. The van der Waals surface area contributed by atoms with Gasteiger partial charge in [-0.3, -0.25) is 14.9 Å². The number of carbonyl (C=O) groups is 1. The molecule has 8 heteroatoms. The van der Waals surface area contributed by atoms with E-state index in [1.807, 2.05) is 66.2 Å². The highest BCUT2D eigenvalue weighted by Gasteiger charge is 2.20. The number of thiazole rings is 1. The van der Waals surface area contributed by atoms with Crippen LogP contribution in [0, 0.1) is 10.1 Å². The quantitative estimate of drug-likeness (QED) is 0.317. The van der Waals surface area contributed by atoms with Crippen molar-refractivity contribution in [2.75, 3.05) is 7.11 Å². The maximum absolute atomic E-state index is 12.9. The van der Waals surface area contributed by atoms with E-state index in [9.17, 15) is 14.9 Å². The minimum Gasteiger partial charge on any atom is -0.497 e. The molecule has 0 aliphatic rings. The highest BCUT2D eigenvalue weighted by Crippen LogP contribution is 2.35. The average Bonchev–Trinajstić information content (AvgIpc) is 3.15. The van der Waals surface area contributed by atoms with Crippen molar-refractivity contribution in [2.24, 2.45) is 12.0 Å². The van der Waals surface area contributed by atoms with E-state index in [0.29, 0.717) is 4.80 Å². The molecule has 0 bridgehead atoms. The predicted octanol–water partition coefficient (Wildman–Crippen LogP) is 5.08. The topological polar surface area (TPSA) is 86.7 Å². The van der Waals surface area contributed by atoms with Gasteiger partial charge in [0.25, 0.3) is 11.6 Å². The summed E-state index contributed by atoms with van der Waals surface area (Å²) in [5.41, 5.74) is 2.50. The summed E-state index contributed by atoms with van der Waals surface area (Å²) >= 11 is 1.36. The summed E-state index contributed by atoms with van der Waals surface area (Å²) in [6.45, 7) is 0. The SMILES string of the molecule is COc1ccc(-c2c(-c3ccccc3)sc(=NC(=O)c3ccccc3[N+](=O)[O-])n2C)cc1. The highest BCUT2D eigenvalue weighted by atomic mass is 32.1. The predicted molar refractivity (Wildman–Crippen MR) is 124 cm³/mol. The van der Waals surface area contributed by atoms with Crippen LogP contribution in [0.4, 0.5) is 5.69 Å². The molecule has 32 heavy (non-hydrogen) atoms. The van der Waals surface area contributed by atoms with Gasteiger partial charge in [0.2, 0.25) is 0 Å². The van der Waals surface area contributed by atoms with Gasteiger partial charge in [-0.1, -0.05) is 53.8 Å². The second-order valence-corrected chi connectivity index (χ2v) is 7.88. The summed E-state index contributed by atoms with van der Waals surface area (Å²) in [7, 11) is 3.44. The number of benzene rings is 3. The monoisotopic (exact) mass is 445 g/mol. The number of nitro groups is 1. The molecule has 0 aliphatic carbocycles. The highest BCUT2D eigenvalue weighted by molar-refractivity contribution is 7.13. The van der Waals surface area contributed by atoms with E-state index in [-0.39, 0.29) is 11.3 Å². The Morgan fingerprint density at radius 1 is 0.969 bits per heavy atom. The van der Waals surface area contributed by atoms with Crippen molar-refractivity contribution in [3.05, 3.63) is 99.3 Å². The number of carbonyl (C=O) groups excluding carboxylic acids is 1. The molecule has 3 aromatic carbocycles. The molecule has 0 atom stereocenters. The Morgan fingerprint density at radius 3 is 2.28 bits per heavy atom. The largest absolute Gasteiger partial charge is 0.497 e. The lowest BCUT2D eigenvalue weighted by atomic mass is 10.1. The molecule has 0 saturated carbocycles. The Bertz CT molecular complexity index is 1360. The van der Waals surface area contributed by atoms with Crippen molar-refractivity contribution < 1.29 is 14.5 Å². The number of hydrogen-bond acceptors (Lipinski definition) is 5. The van der Waals surface area contributed by atoms with E-state index in [0.717, 1.165) is 27.4 Å². The summed E-state index contributed by atoms with van der Waals surface area (Å²) in [6.07, 6.45) is 0. The second kappa shape index (κ2) is 8.99. The van der Waals surface area contributed by atoms with Gasteiger partial charge in [-0.15, -0.1) is 0 Å². The molecule has 0 unspecified atom stereocenters. The number of methoxy groups -OCH3 is 1. The minimum absolute atomic E-state index is 0.0434. The molecule has 0 fully saturated rings. The van der Waals surface area contributed by atoms with E-state index in [1.54, 1.807) is 13.2 Å². The van der Waals surface area contributed by atoms with E-state index in [4.69, 9.17) is 4.74 Å². The third-order valence-corrected chi connectivity index (χ3v) is 6.14. The maximum atomic E-state index is 12.9. The third-order valence-electron chi connectivity index (χ3n) is 4.96. The molecule has 0 saturated heterocycles. The number of ether oxygens (including phenoxy) is 1. The Balaban J connectivity index is 1.90. The van der Waals surface area contributed by atoms with Crippen LogP contribution in [-0.2, 0) is 7.05 Å². The smallest absolute Gasteiger partial charge is 0.286 e. The lowest BCUT2D eigenvalue weighted by Gasteiger charge is -2.08. The van der Waals surface area contributed by atoms with Crippen LogP contribution in [0.15, 0.2) is 83.9 Å². The third kappa shape index (κ3) is 4.08. The van der Waals surface area contributed by atoms with Gasteiger partial charge in [0, 0.05) is 13.1 Å². The zero-order valence-electron chi connectivity index (χ0n) is 17.4. The van der Waals surface area contributed by atoms with Crippen LogP contribution in [0.2, 0.25) is 0 Å². The summed E-state index contributed by atoms with van der Waals surface area (Å²) in [5.74, 6) is 0.0828. The average molecular weight is 446 g/mol. The van der Waals surface area contributed by atoms with Crippen molar-refractivity contribution in [3.8, 4) is 27.4 Å². The standard InChI is InChI=1S/C24H19N3O4S/c1-26-21(16-12-14-18(31-2)15-13-16)22(17-8-4-3-5-9-17)32-24(26)25-23(28)19-10-6-7-11-20(19)27(29)30/h3-15H,1-2H3. The number of nitro benzene ring substituents is 1. The van der Waals surface area contributed by atoms with Gasteiger partial charge in [0.15, 0.2) is 4.80 Å². The first kappa shape index (κ1) is 21.2. The number of rotatable bonds is 5. The van der Waals surface area contributed by atoms with Crippen molar-refractivity contribution in [3.63, 3.8) is 0 Å². The van der Waals surface area contributed by atoms with E-state index >= 15 is 0 Å². The molecular weight excluding hydrogens is 426 g/mol. The van der Waals surface area contributed by atoms with Crippen molar-refractivity contribution >= 4 is 22.9 Å². The fourth-order valence-corrected chi connectivity index (χ4v) is 4.52. The molecule has 0 spiro atoms. The van der Waals surface area contributed by atoms with Gasteiger partial charge >= 0.3 is 0 Å².